The van der Waals surface area contributed by atoms with Gasteiger partial charge in [-0.25, -0.2) is 0 Å². The molecule has 0 bridgehead atoms. The zero-order valence-electron chi connectivity index (χ0n) is 12.0. The van der Waals surface area contributed by atoms with Crippen molar-refractivity contribution in [3.63, 3.8) is 0 Å². The van der Waals surface area contributed by atoms with E-state index in [1.165, 1.54) is 0 Å². The molecule has 22 heavy (non-hydrogen) atoms. The molecule has 116 valence electrons. The molecule has 0 radical (unpaired) electrons. The van der Waals surface area contributed by atoms with Crippen LogP contribution in [0, 0.1) is 0 Å². The number of hydrogen-bond donors (Lipinski definition) is 0. The van der Waals surface area contributed by atoms with Gasteiger partial charge in [0, 0.05) is 12.2 Å². The Bertz CT molecular complexity index is 649. The maximum atomic E-state index is 11.4. The summed E-state index contributed by atoms with van der Waals surface area (Å²) in [4.78, 5) is 11.4. The van der Waals surface area contributed by atoms with Crippen LogP contribution in [0.15, 0.2) is 28.8 Å². The van der Waals surface area contributed by atoms with E-state index in [-0.39, 0.29) is 12.9 Å². The number of carbonyl (C=O) groups excluding carboxylic acids is 1. The van der Waals surface area contributed by atoms with Crippen LogP contribution >= 0.6 is 11.6 Å². The van der Waals surface area contributed by atoms with Gasteiger partial charge in [-0.1, -0.05) is 35.0 Å². The second-order valence-corrected chi connectivity index (χ2v) is 5.48. The van der Waals surface area contributed by atoms with Crippen LogP contribution in [0.2, 0.25) is 5.02 Å². The fourth-order valence-corrected chi connectivity index (χ4v) is 2.64. The summed E-state index contributed by atoms with van der Waals surface area (Å²) in [6.07, 6.45) is 3.45. The van der Waals surface area contributed by atoms with Crippen molar-refractivity contribution in [3.8, 4) is 11.3 Å². The molecule has 1 fully saturated rings. The minimum Gasteiger partial charge on any atom is -0.357 e. The molecule has 0 spiro atoms. The fourth-order valence-electron chi connectivity index (χ4n) is 2.42. The minimum absolute atomic E-state index is 0.149. The molecule has 2 heterocycles. The molecule has 1 saturated heterocycles. The Hall–Kier alpha value is -1.69. The monoisotopic (exact) mass is 321 g/mol. The summed E-state index contributed by atoms with van der Waals surface area (Å²) in [6, 6.07) is 7.18. The number of aldehydes is 1. The number of rotatable bonds is 5. The summed E-state index contributed by atoms with van der Waals surface area (Å²) >= 11 is 6.15. The molecule has 0 N–H and O–H groups in total. The molecule has 0 amide bonds. The molecule has 0 aliphatic carbocycles. The number of carbonyl (C=O) groups is 1. The molecule has 1 aromatic heterocycles. The molecular weight excluding hydrogens is 306 g/mol. The molecule has 6 heteroatoms. The molecule has 1 unspecified atom stereocenters. The SMILES string of the molecule is O=Cc1c(-c2ccccc2Cl)noc1COC1CCCCO1. The van der Waals surface area contributed by atoms with E-state index in [1.807, 2.05) is 12.1 Å². The zero-order valence-corrected chi connectivity index (χ0v) is 12.7. The van der Waals surface area contributed by atoms with Gasteiger partial charge in [-0.05, 0) is 25.3 Å². The van der Waals surface area contributed by atoms with Crippen LogP contribution in [0.25, 0.3) is 11.3 Å². The predicted molar refractivity (Wildman–Crippen MR) is 80.7 cm³/mol. The van der Waals surface area contributed by atoms with Crippen LogP contribution in [0.1, 0.15) is 35.4 Å². The van der Waals surface area contributed by atoms with Gasteiger partial charge in [-0.2, -0.15) is 0 Å². The third-order valence-corrected chi connectivity index (χ3v) is 3.92. The van der Waals surface area contributed by atoms with Gasteiger partial charge >= 0.3 is 0 Å². The highest BCUT2D eigenvalue weighted by atomic mass is 35.5. The molecule has 1 atom stereocenters. The number of aromatic nitrogens is 1. The van der Waals surface area contributed by atoms with Crippen molar-refractivity contribution in [3.05, 3.63) is 40.6 Å². The van der Waals surface area contributed by atoms with E-state index in [4.69, 9.17) is 25.6 Å². The summed E-state index contributed by atoms with van der Waals surface area (Å²) in [6.45, 7) is 0.850. The summed E-state index contributed by atoms with van der Waals surface area (Å²) in [5.74, 6) is 0.388. The molecule has 1 aromatic carbocycles. The molecule has 2 aromatic rings. The minimum atomic E-state index is -0.248. The topological polar surface area (TPSA) is 61.6 Å². The summed E-state index contributed by atoms with van der Waals surface area (Å²) < 4.78 is 16.4. The highest BCUT2D eigenvalue weighted by molar-refractivity contribution is 6.33. The maximum Gasteiger partial charge on any atom is 0.173 e. The van der Waals surface area contributed by atoms with Crippen LogP contribution in [0.5, 0.6) is 0 Å². The van der Waals surface area contributed by atoms with Crippen molar-refractivity contribution in [2.24, 2.45) is 0 Å². The van der Waals surface area contributed by atoms with Gasteiger partial charge in [-0.3, -0.25) is 4.79 Å². The first-order valence-corrected chi connectivity index (χ1v) is 7.59. The lowest BCUT2D eigenvalue weighted by atomic mass is 10.1. The smallest absolute Gasteiger partial charge is 0.173 e. The van der Waals surface area contributed by atoms with E-state index in [0.717, 1.165) is 25.5 Å². The maximum absolute atomic E-state index is 11.4. The fraction of sp³-hybridized carbons (Fsp3) is 0.375. The van der Waals surface area contributed by atoms with Gasteiger partial charge < -0.3 is 14.0 Å². The Kier molecular flexibility index (Phi) is 4.87. The highest BCUT2D eigenvalue weighted by Crippen LogP contribution is 2.30. The first-order chi connectivity index (χ1) is 10.8. The number of halogens is 1. The first-order valence-electron chi connectivity index (χ1n) is 7.21. The van der Waals surface area contributed by atoms with E-state index < -0.39 is 0 Å². The van der Waals surface area contributed by atoms with Crippen molar-refractivity contribution in [2.45, 2.75) is 32.2 Å². The second kappa shape index (κ2) is 7.05. The van der Waals surface area contributed by atoms with Crippen molar-refractivity contribution < 1.29 is 18.8 Å². The van der Waals surface area contributed by atoms with Crippen molar-refractivity contribution >= 4 is 17.9 Å². The Balaban J connectivity index is 1.78. The Morgan fingerprint density at radius 2 is 2.23 bits per heavy atom. The highest BCUT2D eigenvalue weighted by Gasteiger charge is 2.21. The average molecular weight is 322 g/mol. The quantitative estimate of drug-likeness (QED) is 0.783. The van der Waals surface area contributed by atoms with Gasteiger partial charge in [-0.15, -0.1) is 0 Å². The lowest BCUT2D eigenvalue weighted by molar-refractivity contribution is -0.171. The summed E-state index contributed by atoms with van der Waals surface area (Å²) in [7, 11) is 0. The van der Waals surface area contributed by atoms with E-state index >= 15 is 0 Å². The molecule has 0 saturated carbocycles. The van der Waals surface area contributed by atoms with Crippen LogP contribution in [-0.2, 0) is 16.1 Å². The van der Waals surface area contributed by atoms with Crippen molar-refractivity contribution in [1.29, 1.82) is 0 Å². The Labute approximate surface area is 133 Å². The van der Waals surface area contributed by atoms with Crippen LogP contribution in [0.3, 0.4) is 0 Å². The standard InChI is InChI=1S/C16H16ClNO4/c17-13-6-2-1-5-11(13)16-12(9-19)14(22-18-16)10-21-15-7-3-4-8-20-15/h1-2,5-6,9,15H,3-4,7-8,10H2. The van der Waals surface area contributed by atoms with Gasteiger partial charge in [0.1, 0.15) is 12.3 Å². The van der Waals surface area contributed by atoms with Crippen LogP contribution in [0.4, 0.5) is 0 Å². The Morgan fingerprint density at radius 1 is 1.36 bits per heavy atom. The molecular formula is C16H16ClNO4. The Morgan fingerprint density at radius 3 is 2.95 bits per heavy atom. The van der Waals surface area contributed by atoms with Crippen LogP contribution in [-0.4, -0.2) is 24.3 Å². The third kappa shape index (κ3) is 3.21. The molecule has 5 nitrogen and oxygen atoms in total. The average Bonchev–Trinajstić information content (AvgIpc) is 2.97. The molecule has 1 aliphatic rings. The molecule has 1 aliphatic heterocycles. The van der Waals surface area contributed by atoms with Gasteiger partial charge in [0.15, 0.2) is 18.3 Å². The van der Waals surface area contributed by atoms with Gasteiger partial charge in [0.2, 0.25) is 0 Å². The largest absolute Gasteiger partial charge is 0.357 e. The van der Waals surface area contributed by atoms with Crippen LogP contribution < -0.4 is 0 Å². The normalized spacial score (nSPS) is 18.3. The number of hydrogen-bond acceptors (Lipinski definition) is 5. The summed E-state index contributed by atoms with van der Waals surface area (Å²) in [5.41, 5.74) is 1.46. The number of ether oxygens (including phenoxy) is 2. The third-order valence-electron chi connectivity index (χ3n) is 3.59. The first kappa shape index (κ1) is 15.2. The van der Waals surface area contributed by atoms with E-state index in [0.29, 0.717) is 34.2 Å². The lowest BCUT2D eigenvalue weighted by Gasteiger charge is -2.22. The number of benzene rings is 1. The molecule has 3 rings (SSSR count). The van der Waals surface area contributed by atoms with Gasteiger partial charge in [0.25, 0.3) is 0 Å². The van der Waals surface area contributed by atoms with Crippen molar-refractivity contribution in [2.75, 3.05) is 6.61 Å². The van der Waals surface area contributed by atoms with E-state index in [9.17, 15) is 4.79 Å². The lowest BCUT2D eigenvalue weighted by Crippen LogP contribution is -2.22. The predicted octanol–water partition coefficient (Wildman–Crippen LogP) is 3.85. The van der Waals surface area contributed by atoms with Crippen molar-refractivity contribution in [1.82, 2.24) is 5.16 Å². The zero-order chi connectivity index (χ0) is 15.4. The van der Waals surface area contributed by atoms with E-state index in [2.05, 4.69) is 5.16 Å². The summed E-state index contributed by atoms with van der Waals surface area (Å²) in [5, 5.41) is 4.49. The van der Waals surface area contributed by atoms with Gasteiger partial charge in [0.05, 0.1) is 10.6 Å². The van der Waals surface area contributed by atoms with E-state index in [1.54, 1.807) is 12.1 Å². The number of nitrogens with zero attached hydrogens (tertiary/aromatic N) is 1. The second-order valence-electron chi connectivity index (χ2n) is 5.07.